The number of rotatable bonds is 2. The van der Waals surface area contributed by atoms with E-state index in [1.165, 1.54) is 0 Å². The third kappa shape index (κ3) is 2.61. The number of amides is 1. The van der Waals surface area contributed by atoms with E-state index in [2.05, 4.69) is 4.98 Å². The third-order valence-electron chi connectivity index (χ3n) is 3.31. The van der Waals surface area contributed by atoms with Crippen molar-refractivity contribution in [3.05, 3.63) is 64.4 Å². The Morgan fingerprint density at radius 3 is 2.74 bits per heavy atom. The number of carbonyl (C=O) groups is 1. The smallest absolute Gasteiger partial charge is 0.227 e. The van der Waals surface area contributed by atoms with Crippen LogP contribution in [-0.4, -0.2) is 15.8 Å². The van der Waals surface area contributed by atoms with Crippen LogP contribution in [0, 0.1) is 0 Å². The molecule has 2 aromatic rings. The summed E-state index contributed by atoms with van der Waals surface area (Å²) in [5.74, 6) is 0.125. The van der Waals surface area contributed by atoms with Gasteiger partial charge in [-0.3, -0.25) is 9.78 Å². The molecule has 1 amide bonds. The van der Waals surface area contributed by atoms with E-state index in [1.54, 1.807) is 6.20 Å². The first-order valence-corrected chi connectivity index (χ1v) is 6.55. The van der Waals surface area contributed by atoms with E-state index in [0.717, 1.165) is 16.8 Å². The summed E-state index contributed by atoms with van der Waals surface area (Å²) in [7, 11) is 0. The summed E-state index contributed by atoms with van der Waals surface area (Å²) in [4.78, 5) is 18.4. The normalized spacial score (nSPS) is 13.4. The van der Waals surface area contributed by atoms with Crippen LogP contribution in [0.2, 0.25) is 5.02 Å². The maximum Gasteiger partial charge on any atom is 0.227 e. The fourth-order valence-electron chi connectivity index (χ4n) is 2.26. The van der Waals surface area contributed by atoms with Gasteiger partial charge in [-0.05, 0) is 29.3 Å². The average Bonchev–Trinajstić information content (AvgIpc) is 2.85. The van der Waals surface area contributed by atoms with Gasteiger partial charge in [0.15, 0.2) is 0 Å². The van der Waals surface area contributed by atoms with E-state index in [4.69, 9.17) is 11.6 Å². The van der Waals surface area contributed by atoms with Crippen LogP contribution < -0.4 is 0 Å². The first-order chi connectivity index (χ1) is 9.22. The number of carbonyl (C=O) groups excluding carboxylic acids is 1. The van der Waals surface area contributed by atoms with Gasteiger partial charge in [-0.25, -0.2) is 0 Å². The summed E-state index contributed by atoms with van der Waals surface area (Å²) in [6.45, 7) is 1.28. The summed E-state index contributed by atoms with van der Waals surface area (Å²) in [5.41, 5.74) is 3.14. The Labute approximate surface area is 116 Å². The zero-order valence-electron chi connectivity index (χ0n) is 10.3. The molecule has 0 fully saturated rings. The predicted octanol–water partition coefficient (Wildman–Crippen LogP) is 2.82. The molecular weight excluding hydrogens is 260 g/mol. The Bertz CT molecular complexity index is 585. The van der Waals surface area contributed by atoms with Gasteiger partial charge in [0.1, 0.15) is 0 Å². The van der Waals surface area contributed by atoms with Crippen molar-refractivity contribution in [2.75, 3.05) is 0 Å². The molecule has 0 spiro atoms. The second kappa shape index (κ2) is 5.02. The van der Waals surface area contributed by atoms with Gasteiger partial charge in [-0.15, -0.1) is 0 Å². The number of fused-ring (bicyclic) bond motifs is 1. The van der Waals surface area contributed by atoms with Crippen LogP contribution in [0.4, 0.5) is 0 Å². The van der Waals surface area contributed by atoms with Crippen LogP contribution in [0.1, 0.15) is 16.8 Å². The topological polar surface area (TPSA) is 33.2 Å². The Balaban J connectivity index is 1.68. The molecule has 0 unspecified atom stereocenters. The second-order valence-corrected chi connectivity index (χ2v) is 5.10. The maximum absolute atomic E-state index is 12.2. The number of pyridine rings is 1. The van der Waals surface area contributed by atoms with Crippen molar-refractivity contribution >= 4 is 17.5 Å². The minimum absolute atomic E-state index is 0.125. The lowest BCUT2D eigenvalue weighted by Crippen LogP contribution is -2.26. The van der Waals surface area contributed by atoms with E-state index < -0.39 is 0 Å². The predicted molar refractivity (Wildman–Crippen MR) is 73.6 cm³/mol. The van der Waals surface area contributed by atoms with E-state index >= 15 is 0 Å². The van der Waals surface area contributed by atoms with Crippen LogP contribution in [0.15, 0.2) is 42.6 Å². The molecule has 1 aromatic carbocycles. The van der Waals surface area contributed by atoms with Gasteiger partial charge in [0.2, 0.25) is 5.91 Å². The van der Waals surface area contributed by atoms with E-state index in [9.17, 15) is 4.79 Å². The van der Waals surface area contributed by atoms with E-state index in [1.807, 2.05) is 41.3 Å². The van der Waals surface area contributed by atoms with Crippen LogP contribution >= 0.6 is 11.6 Å². The Kier molecular flexibility index (Phi) is 3.22. The van der Waals surface area contributed by atoms with Crippen LogP contribution in [0.25, 0.3) is 0 Å². The average molecular weight is 273 g/mol. The van der Waals surface area contributed by atoms with Gasteiger partial charge in [0.05, 0.1) is 18.7 Å². The highest BCUT2D eigenvalue weighted by Gasteiger charge is 2.23. The van der Waals surface area contributed by atoms with Crippen molar-refractivity contribution in [3.63, 3.8) is 0 Å². The molecule has 0 atom stereocenters. The fraction of sp³-hybridized carbons (Fsp3) is 0.200. The highest BCUT2D eigenvalue weighted by atomic mass is 35.5. The molecule has 1 aliphatic heterocycles. The molecule has 4 heteroatoms. The van der Waals surface area contributed by atoms with Gasteiger partial charge in [0.25, 0.3) is 0 Å². The molecule has 0 saturated carbocycles. The number of hydrogen-bond acceptors (Lipinski definition) is 2. The third-order valence-corrected chi connectivity index (χ3v) is 3.56. The Morgan fingerprint density at radius 2 is 2.00 bits per heavy atom. The SMILES string of the molecule is O=C(Cc1ccc(Cl)cc1)N1Cc2cccnc2C1. The number of hydrogen-bond donors (Lipinski definition) is 0. The van der Waals surface area contributed by atoms with Gasteiger partial charge in [0, 0.05) is 17.8 Å². The maximum atomic E-state index is 12.2. The van der Waals surface area contributed by atoms with Crippen molar-refractivity contribution in [1.82, 2.24) is 9.88 Å². The monoisotopic (exact) mass is 272 g/mol. The molecule has 19 heavy (non-hydrogen) atoms. The number of halogens is 1. The highest BCUT2D eigenvalue weighted by molar-refractivity contribution is 6.30. The summed E-state index contributed by atoms with van der Waals surface area (Å²) < 4.78 is 0. The van der Waals surface area contributed by atoms with E-state index in [-0.39, 0.29) is 5.91 Å². The summed E-state index contributed by atoms with van der Waals surface area (Å²) in [5, 5.41) is 0.689. The molecular formula is C15H13ClN2O. The van der Waals surface area contributed by atoms with Crippen molar-refractivity contribution in [2.45, 2.75) is 19.5 Å². The van der Waals surface area contributed by atoms with Crippen LogP contribution in [-0.2, 0) is 24.3 Å². The van der Waals surface area contributed by atoms with Gasteiger partial charge in [-0.1, -0.05) is 29.8 Å². The van der Waals surface area contributed by atoms with Crippen LogP contribution in [0.3, 0.4) is 0 Å². The molecule has 2 heterocycles. The van der Waals surface area contributed by atoms with Crippen molar-refractivity contribution in [3.8, 4) is 0 Å². The van der Waals surface area contributed by atoms with Gasteiger partial charge in [-0.2, -0.15) is 0 Å². The number of aromatic nitrogens is 1. The lowest BCUT2D eigenvalue weighted by atomic mass is 10.1. The molecule has 96 valence electrons. The molecule has 3 rings (SSSR count). The summed E-state index contributed by atoms with van der Waals surface area (Å²) in [6, 6.07) is 11.3. The van der Waals surface area contributed by atoms with Gasteiger partial charge >= 0.3 is 0 Å². The standard InChI is InChI=1S/C15H13ClN2O/c16-13-5-3-11(4-6-13)8-15(19)18-9-12-2-1-7-17-14(12)10-18/h1-7H,8-10H2. The first-order valence-electron chi connectivity index (χ1n) is 6.17. The zero-order chi connectivity index (χ0) is 13.2. The molecule has 0 N–H and O–H groups in total. The molecule has 1 aliphatic rings. The molecule has 0 saturated heterocycles. The second-order valence-electron chi connectivity index (χ2n) is 4.66. The fourth-order valence-corrected chi connectivity index (χ4v) is 2.39. The highest BCUT2D eigenvalue weighted by Crippen LogP contribution is 2.21. The molecule has 0 radical (unpaired) electrons. The van der Waals surface area contributed by atoms with Gasteiger partial charge < -0.3 is 4.90 Å². The largest absolute Gasteiger partial charge is 0.332 e. The summed E-state index contributed by atoms with van der Waals surface area (Å²) in [6.07, 6.45) is 2.18. The number of nitrogens with zero attached hydrogens (tertiary/aromatic N) is 2. The Morgan fingerprint density at radius 1 is 1.21 bits per heavy atom. The Hall–Kier alpha value is -1.87. The molecule has 0 bridgehead atoms. The number of benzene rings is 1. The minimum Gasteiger partial charge on any atom is -0.332 e. The quantitative estimate of drug-likeness (QED) is 0.842. The molecule has 0 aliphatic carbocycles. The van der Waals surface area contributed by atoms with Crippen molar-refractivity contribution in [2.24, 2.45) is 0 Å². The van der Waals surface area contributed by atoms with Crippen molar-refractivity contribution in [1.29, 1.82) is 0 Å². The molecule has 1 aromatic heterocycles. The minimum atomic E-state index is 0.125. The lowest BCUT2D eigenvalue weighted by molar-refractivity contribution is -0.131. The first kappa shape index (κ1) is 12.2. The van der Waals surface area contributed by atoms with Crippen LogP contribution in [0.5, 0.6) is 0 Å². The summed E-state index contributed by atoms with van der Waals surface area (Å²) >= 11 is 5.83. The van der Waals surface area contributed by atoms with Crippen molar-refractivity contribution < 1.29 is 4.79 Å². The lowest BCUT2D eigenvalue weighted by Gasteiger charge is -2.15. The zero-order valence-corrected chi connectivity index (χ0v) is 11.1. The molecule has 3 nitrogen and oxygen atoms in total. The van der Waals surface area contributed by atoms with E-state index in [0.29, 0.717) is 24.5 Å².